The average Bonchev–Trinajstić information content (AvgIpc) is 2.69. The Labute approximate surface area is 95.4 Å². The lowest BCUT2D eigenvalue weighted by molar-refractivity contribution is 0.635. The van der Waals surface area contributed by atoms with Crippen LogP contribution in [0.5, 0.6) is 0 Å². The van der Waals surface area contributed by atoms with Gasteiger partial charge < -0.3 is 9.88 Å². The van der Waals surface area contributed by atoms with E-state index in [-0.39, 0.29) is 6.04 Å². The average molecular weight is 216 g/mol. The Bertz CT molecular complexity index is 458. The normalized spacial score (nSPS) is 12.7. The third-order valence-electron chi connectivity index (χ3n) is 2.71. The molecule has 2 rings (SSSR count). The summed E-state index contributed by atoms with van der Waals surface area (Å²) in [5.74, 6) is 0. The van der Waals surface area contributed by atoms with Crippen LogP contribution in [0.4, 0.5) is 0 Å². The summed E-state index contributed by atoms with van der Waals surface area (Å²) in [6.07, 6.45) is 5.59. The van der Waals surface area contributed by atoms with Gasteiger partial charge in [-0.15, -0.1) is 0 Å². The number of pyridine rings is 1. The highest BCUT2D eigenvalue weighted by molar-refractivity contribution is 5.25. The van der Waals surface area contributed by atoms with Crippen LogP contribution >= 0.6 is 0 Å². The first-order valence-corrected chi connectivity index (χ1v) is 5.28. The molecule has 1 unspecified atom stereocenters. The van der Waals surface area contributed by atoms with Crippen LogP contribution in [0.2, 0.25) is 0 Å². The highest BCUT2D eigenvalue weighted by Gasteiger charge is 2.14. The third kappa shape index (κ3) is 1.97. The molecule has 0 saturated heterocycles. The van der Waals surface area contributed by atoms with Crippen LogP contribution in [0, 0.1) is 6.92 Å². The summed E-state index contributed by atoms with van der Waals surface area (Å²) >= 11 is 0. The van der Waals surface area contributed by atoms with Gasteiger partial charge >= 0.3 is 0 Å². The Morgan fingerprint density at radius 2 is 2.12 bits per heavy atom. The van der Waals surface area contributed by atoms with Crippen molar-refractivity contribution in [3.05, 3.63) is 47.8 Å². The van der Waals surface area contributed by atoms with E-state index in [1.54, 1.807) is 6.33 Å². The quantitative estimate of drug-likeness (QED) is 0.844. The fraction of sp³-hybridized carbons (Fsp3) is 0.333. The second-order valence-electron chi connectivity index (χ2n) is 3.88. The van der Waals surface area contributed by atoms with Gasteiger partial charge in [-0.25, -0.2) is 4.98 Å². The fourth-order valence-corrected chi connectivity index (χ4v) is 1.78. The lowest BCUT2D eigenvalue weighted by Gasteiger charge is -2.16. The molecule has 0 fully saturated rings. The smallest absolute Gasteiger partial charge is 0.0946 e. The van der Waals surface area contributed by atoms with Gasteiger partial charge in [0.2, 0.25) is 0 Å². The van der Waals surface area contributed by atoms with Gasteiger partial charge in [0.15, 0.2) is 0 Å². The van der Waals surface area contributed by atoms with Crippen molar-refractivity contribution >= 4 is 0 Å². The van der Waals surface area contributed by atoms with Crippen molar-refractivity contribution in [1.29, 1.82) is 0 Å². The largest absolute Gasteiger partial charge is 0.336 e. The molecule has 2 heterocycles. The highest BCUT2D eigenvalue weighted by atomic mass is 15.1. The van der Waals surface area contributed by atoms with Crippen molar-refractivity contribution in [3.63, 3.8) is 0 Å². The zero-order valence-corrected chi connectivity index (χ0v) is 9.81. The Balaban J connectivity index is 2.37. The number of hydrogen-bond acceptors (Lipinski definition) is 3. The van der Waals surface area contributed by atoms with Crippen molar-refractivity contribution in [2.24, 2.45) is 7.05 Å². The number of aryl methyl sites for hydroxylation is 2. The van der Waals surface area contributed by atoms with Gasteiger partial charge in [-0.05, 0) is 25.6 Å². The summed E-state index contributed by atoms with van der Waals surface area (Å²) in [5.41, 5.74) is 3.31. The molecule has 0 saturated carbocycles. The monoisotopic (exact) mass is 216 g/mol. The molecular formula is C12H16N4. The third-order valence-corrected chi connectivity index (χ3v) is 2.71. The molecule has 4 nitrogen and oxygen atoms in total. The topological polar surface area (TPSA) is 42.7 Å². The number of aromatic nitrogens is 3. The number of nitrogens with zero attached hydrogens (tertiary/aromatic N) is 3. The van der Waals surface area contributed by atoms with Crippen molar-refractivity contribution in [2.75, 3.05) is 7.05 Å². The molecule has 0 amide bonds. The standard InChI is InChI=1S/C12H16N4/c1-9-4-5-10(6-15-9)12(13-2)11-7-14-8-16(11)3/h4-8,12-13H,1-3H3. The molecule has 1 atom stereocenters. The summed E-state index contributed by atoms with van der Waals surface area (Å²) in [6.45, 7) is 1.99. The number of nitrogens with one attached hydrogen (secondary N) is 1. The van der Waals surface area contributed by atoms with Crippen LogP contribution < -0.4 is 5.32 Å². The minimum Gasteiger partial charge on any atom is -0.336 e. The van der Waals surface area contributed by atoms with E-state index in [0.29, 0.717) is 0 Å². The second kappa shape index (κ2) is 4.45. The maximum atomic E-state index is 4.32. The molecule has 84 valence electrons. The maximum Gasteiger partial charge on any atom is 0.0946 e. The first-order chi connectivity index (χ1) is 7.72. The predicted octanol–water partition coefficient (Wildman–Crippen LogP) is 1.43. The molecule has 0 bridgehead atoms. The van der Waals surface area contributed by atoms with E-state index < -0.39 is 0 Å². The molecular weight excluding hydrogens is 200 g/mol. The lowest BCUT2D eigenvalue weighted by Crippen LogP contribution is -2.20. The van der Waals surface area contributed by atoms with Crippen molar-refractivity contribution in [2.45, 2.75) is 13.0 Å². The number of rotatable bonds is 3. The molecule has 0 aromatic carbocycles. The molecule has 0 aliphatic carbocycles. The van der Waals surface area contributed by atoms with E-state index in [9.17, 15) is 0 Å². The van der Waals surface area contributed by atoms with Crippen molar-refractivity contribution < 1.29 is 0 Å². The minimum atomic E-state index is 0.139. The van der Waals surface area contributed by atoms with Crippen molar-refractivity contribution in [1.82, 2.24) is 19.9 Å². The van der Waals surface area contributed by atoms with Gasteiger partial charge in [0.25, 0.3) is 0 Å². The molecule has 2 aromatic heterocycles. The van der Waals surface area contributed by atoms with E-state index in [2.05, 4.69) is 21.4 Å². The summed E-state index contributed by atoms with van der Waals surface area (Å²) in [5, 5.41) is 3.28. The second-order valence-corrected chi connectivity index (χ2v) is 3.88. The van der Waals surface area contributed by atoms with Gasteiger partial charge in [0, 0.05) is 18.9 Å². The SMILES string of the molecule is CNC(c1ccc(C)nc1)c1cncn1C. The Kier molecular flexibility index (Phi) is 3.01. The molecule has 1 N–H and O–H groups in total. The van der Waals surface area contributed by atoms with Gasteiger partial charge in [-0.1, -0.05) is 6.07 Å². The number of imidazole rings is 1. The molecule has 2 aromatic rings. The van der Waals surface area contributed by atoms with Crippen LogP contribution in [0.25, 0.3) is 0 Å². The predicted molar refractivity (Wildman–Crippen MR) is 63.1 cm³/mol. The van der Waals surface area contributed by atoms with E-state index in [4.69, 9.17) is 0 Å². The Morgan fingerprint density at radius 1 is 1.31 bits per heavy atom. The maximum absolute atomic E-state index is 4.32. The molecule has 0 aliphatic heterocycles. The molecule has 0 aliphatic rings. The Hall–Kier alpha value is -1.68. The first-order valence-electron chi connectivity index (χ1n) is 5.28. The molecule has 16 heavy (non-hydrogen) atoms. The zero-order chi connectivity index (χ0) is 11.5. The zero-order valence-electron chi connectivity index (χ0n) is 9.81. The van der Waals surface area contributed by atoms with Gasteiger partial charge in [0.05, 0.1) is 24.3 Å². The summed E-state index contributed by atoms with van der Waals surface area (Å²) in [7, 11) is 3.94. The van der Waals surface area contributed by atoms with E-state index in [1.165, 1.54) is 0 Å². The molecule has 4 heteroatoms. The van der Waals surface area contributed by atoms with E-state index in [0.717, 1.165) is 17.0 Å². The van der Waals surface area contributed by atoms with Gasteiger partial charge in [0.1, 0.15) is 0 Å². The summed E-state index contributed by atoms with van der Waals surface area (Å²) in [6, 6.07) is 4.26. The minimum absolute atomic E-state index is 0.139. The summed E-state index contributed by atoms with van der Waals surface area (Å²) in [4.78, 5) is 8.45. The molecule has 0 spiro atoms. The lowest BCUT2D eigenvalue weighted by atomic mass is 10.1. The number of hydrogen-bond donors (Lipinski definition) is 1. The van der Waals surface area contributed by atoms with Crippen LogP contribution in [-0.2, 0) is 7.05 Å². The van der Waals surface area contributed by atoms with Crippen LogP contribution in [0.15, 0.2) is 30.9 Å². The van der Waals surface area contributed by atoms with E-state index in [1.807, 2.05) is 44.0 Å². The van der Waals surface area contributed by atoms with Crippen LogP contribution in [-0.4, -0.2) is 21.6 Å². The fourth-order valence-electron chi connectivity index (χ4n) is 1.78. The van der Waals surface area contributed by atoms with Crippen molar-refractivity contribution in [3.8, 4) is 0 Å². The highest BCUT2D eigenvalue weighted by Crippen LogP contribution is 2.20. The van der Waals surface area contributed by atoms with Gasteiger partial charge in [-0.3, -0.25) is 4.98 Å². The molecule has 0 radical (unpaired) electrons. The van der Waals surface area contributed by atoms with Crippen LogP contribution in [0.3, 0.4) is 0 Å². The van der Waals surface area contributed by atoms with Gasteiger partial charge in [-0.2, -0.15) is 0 Å². The van der Waals surface area contributed by atoms with Crippen LogP contribution in [0.1, 0.15) is 23.0 Å². The van der Waals surface area contributed by atoms with E-state index >= 15 is 0 Å². The summed E-state index contributed by atoms with van der Waals surface area (Å²) < 4.78 is 2.01. The first kappa shape index (κ1) is 10.8. The Morgan fingerprint density at radius 3 is 2.62 bits per heavy atom.